The summed E-state index contributed by atoms with van der Waals surface area (Å²) in [6, 6.07) is 0.690. The fraction of sp³-hybridized carbons (Fsp3) is 0.636. The molecule has 1 N–H and O–H groups in total. The van der Waals surface area contributed by atoms with Crippen LogP contribution in [0.15, 0.2) is 18.7 Å². The summed E-state index contributed by atoms with van der Waals surface area (Å²) in [7, 11) is 2.06. The van der Waals surface area contributed by atoms with Gasteiger partial charge >= 0.3 is 0 Å². The molecule has 76 valence electrons. The highest BCUT2D eigenvalue weighted by atomic mass is 14.9. The van der Waals surface area contributed by atoms with E-state index >= 15 is 0 Å². The van der Waals surface area contributed by atoms with E-state index in [1.165, 1.54) is 24.8 Å². The second-order valence-electron chi connectivity index (χ2n) is 4.02. The number of rotatable bonds is 5. The fourth-order valence-electron chi connectivity index (χ4n) is 1.90. The van der Waals surface area contributed by atoms with Gasteiger partial charge in [0.15, 0.2) is 0 Å². The highest BCUT2D eigenvalue weighted by Gasteiger charge is 2.29. The van der Waals surface area contributed by atoms with Crippen molar-refractivity contribution in [3.8, 4) is 0 Å². The van der Waals surface area contributed by atoms with Crippen molar-refractivity contribution in [2.45, 2.75) is 31.7 Å². The van der Waals surface area contributed by atoms with Crippen molar-refractivity contribution in [3.05, 3.63) is 24.3 Å². The zero-order valence-electron chi connectivity index (χ0n) is 8.61. The second-order valence-corrected chi connectivity index (χ2v) is 4.02. The minimum absolute atomic E-state index is 0.690. The Bertz CT molecular complexity index is 269. The summed E-state index contributed by atoms with van der Waals surface area (Å²) < 4.78 is 0. The van der Waals surface area contributed by atoms with E-state index in [0.29, 0.717) is 6.04 Å². The summed E-state index contributed by atoms with van der Waals surface area (Å²) >= 11 is 0. The summed E-state index contributed by atoms with van der Waals surface area (Å²) in [5.41, 5.74) is 1.24. The van der Waals surface area contributed by atoms with Gasteiger partial charge in [0.25, 0.3) is 0 Å². The monoisotopic (exact) mass is 191 g/mol. The molecule has 0 radical (unpaired) electrons. The summed E-state index contributed by atoms with van der Waals surface area (Å²) in [4.78, 5) is 8.03. The summed E-state index contributed by atoms with van der Waals surface area (Å²) in [5, 5.41) is 3.39. The second kappa shape index (κ2) is 4.51. The minimum Gasteiger partial charge on any atom is -0.317 e. The zero-order valence-corrected chi connectivity index (χ0v) is 8.61. The molecule has 1 aromatic rings. The fourth-order valence-corrected chi connectivity index (χ4v) is 1.90. The number of hydrogen-bond donors (Lipinski definition) is 1. The van der Waals surface area contributed by atoms with Gasteiger partial charge in [0, 0.05) is 18.4 Å². The summed E-state index contributed by atoms with van der Waals surface area (Å²) in [5.74, 6) is 0.921. The minimum atomic E-state index is 0.690. The maximum absolute atomic E-state index is 4.02. The van der Waals surface area contributed by atoms with Gasteiger partial charge in [-0.1, -0.05) is 0 Å². The van der Waals surface area contributed by atoms with Crippen LogP contribution in [0.5, 0.6) is 0 Å². The van der Waals surface area contributed by atoms with Gasteiger partial charge in [-0.2, -0.15) is 0 Å². The highest BCUT2D eigenvalue weighted by molar-refractivity contribution is 5.03. The van der Waals surface area contributed by atoms with Crippen LogP contribution in [0.2, 0.25) is 0 Å². The van der Waals surface area contributed by atoms with Crippen molar-refractivity contribution in [2.75, 3.05) is 7.05 Å². The lowest BCUT2D eigenvalue weighted by atomic mass is 10.0. The summed E-state index contributed by atoms with van der Waals surface area (Å²) in [6.45, 7) is 0. The van der Waals surface area contributed by atoms with Crippen LogP contribution in [0.4, 0.5) is 0 Å². The first kappa shape index (κ1) is 9.59. The van der Waals surface area contributed by atoms with Crippen LogP contribution in [0.1, 0.15) is 24.8 Å². The maximum Gasteiger partial charge on any atom is 0.115 e. The van der Waals surface area contributed by atoms with Crippen LogP contribution >= 0.6 is 0 Å². The number of nitrogens with one attached hydrogen (secondary N) is 1. The third kappa shape index (κ3) is 2.51. The van der Waals surface area contributed by atoms with E-state index in [4.69, 9.17) is 0 Å². The lowest BCUT2D eigenvalue weighted by molar-refractivity contribution is 0.470. The molecular formula is C11H17N3. The molecule has 3 heteroatoms. The molecule has 1 aliphatic rings. The van der Waals surface area contributed by atoms with Gasteiger partial charge in [0.1, 0.15) is 6.33 Å². The molecule has 1 unspecified atom stereocenters. The van der Waals surface area contributed by atoms with Gasteiger partial charge in [-0.3, -0.25) is 0 Å². The topological polar surface area (TPSA) is 37.8 Å². The number of nitrogens with zero attached hydrogens (tertiary/aromatic N) is 2. The molecular weight excluding hydrogens is 174 g/mol. The average molecular weight is 191 g/mol. The molecule has 0 aliphatic heterocycles. The van der Waals surface area contributed by atoms with Crippen LogP contribution in [-0.2, 0) is 6.42 Å². The van der Waals surface area contributed by atoms with Crippen molar-refractivity contribution < 1.29 is 0 Å². The Morgan fingerprint density at radius 3 is 2.71 bits per heavy atom. The third-order valence-electron chi connectivity index (χ3n) is 2.92. The molecule has 1 aliphatic carbocycles. The molecule has 3 nitrogen and oxygen atoms in total. The smallest absolute Gasteiger partial charge is 0.115 e. The number of aryl methyl sites for hydroxylation is 1. The normalized spacial score (nSPS) is 18.1. The Balaban J connectivity index is 1.81. The first-order valence-corrected chi connectivity index (χ1v) is 5.31. The first-order chi connectivity index (χ1) is 6.90. The Labute approximate surface area is 85.0 Å². The van der Waals surface area contributed by atoms with E-state index in [-0.39, 0.29) is 0 Å². The quantitative estimate of drug-likeness (QED) is 0.764. The molecule has 1 atom stereocenters. The van der Waals surface area contributed by atoms with Crippen LogP contribution < -0.4 is 5.32 Å². The predicted octanol–water partition coefficient (Wildman–Crippen LogP) is 1.41. The van der Waals surface area contributed by atoms with Crippen molar-refractivity contribution in [2.24, 2.45) is 5.92 Å². The summed E-state index contributed by atoms with van der Waals surface area (Å²) in [6.07, 6.45) is 10.5. The zero-order chi connectivity index (χ0) is 9.80. The van der Waals surface area contributed by atoms with E-state index in [2.05, 4.69) is 22.3 Å². The molecule has 1 fully saturated rings. The van der Waals surface area contributed by atoms with Crippen molar-refractivity contribution >= 4 is 0 Å². The Kier molecular flexibility index (Phi) is 3.09. The third-order valence-corrected chi connectivity index (χ3v) is 2.92. The van der Waals surface area contributed by atoms with E-state index in [9.17, 15) is 0 Å². The predicted molar refractivity (Wildman–Crippen MR) is 55.9 cm³/mol. The van der Waals surface area contributed by atoms with E-state index in [0.717, 1.165) is 12.3 Å². The number of aromatic nitrogens is 2. The molecule has 0 aromatic carbocycles. The Morgan fingerprint density at radius 1 is 1.43 bits per heavy atom. The van der Waals surface area contributed by atoms with Gasteiger partial charge in [-0.25, -0.2) is 9.97 Å². The average Bonchev–Trinajstić information content (AvgIpc) is 3.05. The maximum atomic E-state index is 4.02. The van der Waals surface area contributed by atoms with Gasteiger partial charge in [0.05, 0.1) is 0 Å². The van der Waals surface area contributed by atoms with Crippen LogP contribution in [0.3, 0.4) is 0 Å². The van der Waals surface area contributed by atoms with Crippen LogP contribution in [-0.4, -0.2) is 23.1 Å². The van der Waals surface area contributed by atoms with Crippen molar-refractivity contribution in [1.29, 1.82) is 0 Å². The van der Waals surface area contributed by atoms with E-state index < -0.39 is 0 Å². The Hall–Kier alpha value is -0.960. The Morgan fingerprint density at radius 2 is 2.14 bits per heavy atom. The SMILES string of the molecule is CNC(CCc1cncnc1)C1CC1. The molecule has 0 spiro atoms. The molecule has 1 saturated carbocycles. The molecule has 1 heterocycles. The number of hydrogen-bond acceptors (Lipinski definition) is 3. The standard InChI is InChI=1S/C11H17N3/c1-12-11(10-3-4-10)5-2-9-6-13-8-14-7-9/h6-8,10-12H,2-5H2,1H3. The van der Waals surface area contributed by atoms with Crippen molar-refractivity contribution in [3.63, 3.8) is 0 Å². The van der Waals surface area contributed by atoms with Crippen LogP contribution in [0.25, 0.3) is 0 Å². The molecule has 1 aromatic heterocycles. The lowest BCUT2D eigenvalue weighted by Gasteiger charge is -2.14. The molecule has 14 heavy (non-hydrogen) atoms. The molecule has 2 rings (SSSR count). The van der Waals surface area contributed by atoms with Gasteiger partial charge in [-0.05, 0) is 44.2 Å². The lowest BCUT2D eigenvalue weighted by Crippen LogP contribution is -2.27. The van der Waals surface area contributed by atoms with E-state index in [1.807, 2.05) is 12.4 Å². The van der Waals surface area contributed by atoms with Gasteiger partial charge in [-0.15, -0.1) is 0 Å². The molecule has 0 bridgehead atoms. The van der Waals surface area contributed by atoms with Gasteiger partial charge < -0.3 is 5.32 Å². The first-order valence-electron chi connectivity index (χ1n) is 5.31. The largest absolute Gasteiger partial charge is 0.317 e. The van der Waals surface area contributed by atoms with E-state index in [1.54, 1.807) is 6.33 Å². The van der Waals surface area contributed by atoms with Crippen LogP contribution in [0, 0.1) is 5.92 Å². The van der Waals surface area contributed by atoms with Gasteiger partial charge in [0.2, 0.25) is 0 Å². The molecule has 0 amide bonds. The van der Waals surface area contributed by atoms with Crippen molar-refractivity contribution in [1.82, 2.24) is 15.3 Å². The highest BCUT2D eigenvalue weighted by Crippen LogP contribution is 2.34. The molecule has 0 saturated heterocycles.